The predicted molar refractivity (Wildman–Crippen MR) is 63.7 cm³/mol. The Balaban J connectivity index is 1.84. The molecule has 0 saturated carbocycles. The van der Waals surface area contributed by atoms with Gasteiger partial charge in [-0.3, -0.25) is 0 Å². The standard InChI is InChI=1S/C12H13NOS/c1-2-10(14-11-3-5-13-8-11)7-12-9(1)4-6-15-12/h1-2,4,6-7,11,13H,3,5,8H2. The zero-order chi connectivity index (χ0) is 10.1. The van der Waals surface area contributed by atoms with Gasteiger partial charge in [-0.15, -0.1) is 11.3 Å². The van der Waals surface area contributed by atoms with Gasteiger partial charge in [0.2, 0.25) is 0 Å². The van der Waals surface area contributed by atoms with Crippen molar-refractivity contribution in [3.05, 3.63) is 29.6 Å². The average molecular weight is 219 g/mol. The van der Waals surface area contributed by atoms with Crippen LogP contribution in [0.3, 0.4) is 0 Å². The van der Waals surface area contributed by atoms with Crippen molar-refractivity contribution in [2.45, 2.75) is 12.5 Å². The molecule has 1 fully saturated rings. The number of hydrogen-bond donors (Lipinski definition) is 1. The van der Waals surface area contributed by atoms with Gasteiger partial charge in [0.15, 0.2) is 0 Å². The number of rotatable bonds is 2. The fourth-order valence-corrected chi connectivity index (χ4v) is 2.75. The van der Waals surface area contributed by atoms with Crippen molar-refractivity contribution in [2.24, 2.45) is 0 Å². The highest BCUT2D eigenvalue weighted by Crippen LogP contribution is 2.26. The molecule has 15 heavy (non-hydrogen) atoms. The van der Waals surface area contributed by atoms with Crippen molar-refractivity contribution in [3.63, 3.8) is 0 Å². The molecule has 3 rings (SSSR count). The molecule has 0 amide bonds. The smallest absolute Gasteiger partial charge is 0.121 e. The highest BCUT2D eigenvalue weighted by atomic mass is 32.1. The van der Waals surface area contributed by atoms with Crippen molar-refractivity contribution < 1.29 is 4.74 Å². The maximum absolute atomic E-state index is 5.90. The van der Waals surface area contributed by atoms with E-state index in [2.05, 4.69) is 35.0 Å². The molecule has 2 heterocycles. The van der Waals surface area contributed by atoms with Crippen LogP contribution >= 0.6 is 11.3 Å². The summed E-state index contributed by atoms with van der Waals surface area (Å²) in [5.74, 6) is 0.999. The molecule has 2 nitrogen and oxygen atoms in total. The highest BCUT2D eigenvalue weighted by Gasteiger charge is 2.15. The van der Waals surface area contributed by atoms with Crippen molar-refractivity contribution in [1.82, 2.24) is 5.32 Å². The Morgan fingerprint density at radius 2 is 2.33 bits per heavy atom. The maximum atomic E-state index is 5.90. The van der Waals surface area contributed by atoms with Gasteiger partial charge in [-0.25, -0.2) is 0 Å². The van der Waals surface area contributed by atoms with E-state index in [1.807, 2.05) is 0 Å². The third-order valence-corrected chi connectivity index (χ3v) is 3.63. The first-order chi connectivity index (χ1) is 7.42. The third kappa shape index (κ3) is 1.85. The topological polar surface area (TPSA) is 21.3 Å². The van der Waals surface area contributed by atoms with Gasteiger partial charge in [0.25, 0.3) is 0 Å². The molecule has 1 saturated heterocycles. The van der Waals surface area contributed by atoms with Gasteiger partial charge >= 0.3 is 0 Å². The van der Waals surface area contributed by atoms with Crippen LogP contribution in [0.4, 0.5) is 0 Å². The second-order valence-corrected chi connectivity index (χ2v) is 4.80. The normalized spacial score (nSPS) is 20.9. The monoisotopic (exact) mass is 219 g/mol. The van der Waals surface area contributed by atoms with E-state index in [0.29, 0.717) is 6.10 Å². The van der Waals surface area contributed by atoms with Crippen molar-refractivity contribution in [1.29, 1.82) is 0 Å². The number of nitrogens with one attached hydrogen (secondary N) is 1. The molecule has 0 aliphatic carbocycles. The fourth-order valence-electron chi connectivity index (χ4n) is 1.93. The van der Waals surface area contributed by atoms with E-state index >= 15 is 0 Å². The lowest BCUT2D eigenvalue weighted by atomic mass is 10.2. The molecule has 0 spiro atoms. The summed E-state index contributed by atoms with van der Waals surface area (Å²) in [6.45, 7) is 2.05. The Morgan fingerprint density at radius 1 is 1.33 bits per heavy atom. The quantitative estimate of drug-likeness (QED) is 0.838. The predicted octanol–water partition coefficient (Wildman–Crippen LogP) is 2.64. The molecular weight excluding hydrogens is 206 g/mol. The Kier molecular flexibility index (Phi) is 2.35. The molecular formula is C12H13NOS. The van der Waals surface area contributed by atoms with Crippen LogP contribution in [0.2, 0.25) is 0 Å². The molecule has 1 aromatic carbocycles. The summed E-state index contributed by atoms with van der Waals surface area (Å²) in [6.07, 6.45) is 1.46. The van der Waals surface area contributed by atoms with E-state index in [4.69, 9.17) is 4.74 Å². The average Bonchev–Trinajstić information content (AvgIpc) is 2.87. The molecule has 1 aliphatic rings. The van der Waals surface area contributed by atoms with Gasteiger partial charge in [0, 0.05) is 11.2 Å². The molecule has 1 N–H and O–H groups in total. The number of thiophene rings is 1. The van der Waals surface area contributed by atoms with E-state index in [0.717, 1.165) is 25.3 Å². The molecule has 0 radical (unpaired) electrons. The van der Waals surface area contributed by atoms with Crippen molar-refractivity contribution >= 4 is 21.4 Å². The Labute approximate surface area is 92.9 Å². The molecule has 1 unspecified atom stereocenters. The van der Waals surface area contributed by atoms with Crippen LogP contribution in [0.25, 0.3) is 10.1 Å². The highest BCUT2D eigenvalue weighted by molar-refractivity contribution is 7.17. The van der Waals surface area contributed by atoms with Crippen LogP contribution in [0.5, 0.6) is 5.75 Å². The van der Waals surface area contributed by atoms with E-state index in [1.54, 1.807) is 11.3 Å². The lowest BCUT2D eigenvalue weighted by molar-refractivity contribution is 0.223. The maximum Gasteiger partial charge on any atom is 0.121 e. The Bertz CT molecular complexity index is 459. The van der Waals surface area contributed by atoms with Crippen molar-refractivity contribution in [2.75, 3.05) is 13.1 Å². The molecule has 2 aromatic rings. The van der Waals surface area contributed by atoms with Gasteiger partial charge in [0.05, 0.1) is 0 Å². The third-order valence-electron chi connectivity index (χ3n) is 2.75. The van der Waals surface area contributed by atoms with Gasteiger partial charge in [-0.1, -0.05) is 0 Å². The SMILES string of the molecule is c1cc2ccc(OC3CCNC3)cc2s1. The summed E-state index contributed by atoms with van der Waals surface area (Å²) in [6, 6.07) is 8.47. The first kappa shape index (κ1) is 9.19. The summed E-state index contributed by atoms with van der Waals surface area (Å²) in [4.78, 5) is 0. The summed E-state index contributed by atoms with van der Waals surface area (Å²) < 4.78 is 7.20. The number of hydrogen-bond acceptors (Lipinski definition) is 3. The summed E-state index contributed by atoms with van der Waals surface area (Å²) in [7, 11) is 0. The van der Waals surface area contributed by atoms with E-state index < -0.39 is 0 Å². The zero-order valence-corrected chi connectivity index (χ0v) is 9.22. The molecule has 1 aliphatic heterocycles. The lowest BCUT2D eigenvalue weighted by Crippen LogP contribution is -2.19. The van der Waals surface area contributed by atoms with E-state index in [1.165, 1.54) is 10.1 Å². The number of ether oxygens (including phenoxy) is 1. The van der Waals surface area contributed by atoms with Crippen LogP contribution in [0.15, 0.2) is 29.6 Å². The number of benzene rings is 1. The minimum atomic E-state index is 0.349. The molecule has 3 heteroatoms. The fraction of sp³-hybridized carbons (Fsp3) is 0.333. The Hall–Kier alpha value is -1.06. The van der Waals surface area contributed by atoms with Crippen LogP contribution in [-0.2, 0) is 0 Å². The van der Waals surface area contributed by atoms with Gasteiger partial charge in [-0.05, 0) is 48.0 Å². The minimum absolute atomic E-state index is 0.349. The molecule has 0 bridgehead atoms. The van der Waals surface area contributed by atoms with Crippen LogP contribution in [0.1, 0.15) is 6.42 Å². The number of fused-ring (bicyclic) bond motifs is 1. The molecule has 1 aromatic heterocycles. The minimum Gasteiger partial charge on any atom is -0.489 e. The van der Waals surface area contributed by atoms with Crippen LogP contribution in [0, 0.1) is 0 Å². The second-order valence-electron chi connectivity index (χ2n) is 3.85. The van der Waals surface area contributed by atoms with Crippen LogP contribution < -0.4 is 10.1 Å². The second kappa shape index (κ2) is 3.83. The van der Waals surface area contributed by atoms with Crippen LogP contribution in [-0.4, -0.2) is 19.2 Å². The van der Waals surface area contributed by atoms with Crippen molar-refractivity contribution in [3.8, 4) is 5.75 Å². The van der Waals surface area contributed by atoms with E-state index in [-0.39, 0.29) is 0 Å². The first-order valence-corrected chi connectivity index (χ1v) is 6.14. The lowest BCUT2D eigenvalue weighted by Gasteiger charge is -2.12. The zero-order valence-electron chi connectivity index (χ0n) is 8.40. The first-order valence-electron chi connectivity index (χ1n) is 5.26. The summed E-state index contributed by atoms with van der Waals surface area (Å²) >= 11 is 1.76. The Morgan fingerprint density at radius 3 is 3.20 bits per heavy atom. The molecule has 1 atom stereocenters. The largest absolute Gasteiger partial charge is 0.489 e. The van der Waals surface area contributed by atoms with Gasteiger partial charge in [-0.2, -0.15) is 0 Å². The molecule has 78 valence electrons. The van der Waals surface area contributed by atoms with Gasteiger partial charge < -0.3 is 10.1 Å². The summed E-state index contributed by atoms with van der Waals surface area (Å²) in [5, 5.41) is 6.72. The summed E-state index contributed by atoms with van der Waals surface area (Å²) in [5.41, 5.74) is 0. The van der Waals surface area contributed by atoms with E-state index in [9.17, 15) is 0 Å². The van der Waals surface area contributed by atoms with Gasteiger partial charge in [0.1, 0.15) is 11.9 Å².